The van der Waals surface area contributed by atoms with E-state index >= 15 is 0 Å². The molecule has 1 unspecified atom stereocenters. The van der Waals surface area contributed by atoms with Crippen LogP contribution in [-0.2, 0) is 11.2 Å². The van der Waals surface area contributed by atoms with Gasteiger partial charge in [0.2, 0.25) is 0 Å². The van der Waals surface area contributed by atoms with Gasteiger partial charge < -0.3 is 19.4 Å². The molecule has 0 amide bonds. The summed E-state index contributed by atoms with van der Waals surface area (Å²) in [6, 6.07) is 2.01. The van der Waals surface area contributed by atoms with Gasteiger partial charge in [-0.2, -0.15) is 0 Å². The van der Waals surface area contributed by atoms with Crippen molar-refractivity contribution in [2.45, 2.75) is 65.4 Å². The van der Waals surface area contributed by atoms with Crippen LogP contribution in [0.1, 0.15) is 58.4 Å². The zero-order valence-electron chi connectivity index (χ0n) is 17.1. The maximum Gasteiger partial charge on any atom is 1.00 e. The van der Waals surface area contributed by atoms with Crippen LogP contribution in [0, 0.1) is 5.92 Å². The molecule has 0 bridgehead atoms. The maximum absolute atomic E-state index is 10.5. The number of carbonyl (C=O) groups is 1. The molecule has 1 N–H and O–H groups in total. The molecule has 0 fully saturated rings. The second-order valence-electron chi connectivity index (χ2n) is 7.03. The average molecular weight is 382 g/mol. The second-order valence-corrected chi connectivity index (χ2v) is 7.03. The normalized spacial score (nSPS) is 14.8. The molecule has 0 aliphatic rings. The van der Waals surface area contributed by atoms with Crippen LogP contribution in [0.5, 0.6) is 0 Å². The summed E-state index contributed by atoms with van der Waals surface area (Å²) in [5.41, 5.74) is 3.49. The van der Waals surface area contributed by atoms with Gasteiger partial charge >= 0.3 is 29.6 Å². The molecule has 0 saturated carbocycles. The summed E-state index contributed by atoms with van der Waals surface area (Å²) in [5, 5.41) is 19.8. The van der Waals surface area contributed by atoms with Gasteiger partial charge in [0.25, 0.3) is 0 Å². The number of aliphatic hydroxyl groups excluding tert-OH is 1. The van der Waals surface area contributed by atoms with Crippen LogP contribution < -0.4 is 34.7 Å². The summed E-state index contributed by atoms with van der Waals surface area (Å²) in [4.78, 5) is 10.5. The Morgan fingerprint density at radius 2 is 2.07 bits per heavy atom. The first-order valence-electron chi connectivity index (χ1n) is 9.28. The van der Waals surface area contributed by atoms with Crippen molar-refractivity contribution in [3.8, 4) is 0 Å². The van der Waals surface area contributed by atoms with Gasteiger partial charge in [0.05, 0.1) is 24.6 Å². The van der Waals surface area contributed by atoms with E-state index in [9.17, 15) is 15.0 Å². The van der Waals surface area contributed by atoms with E-state index in [1.807, 2.05) is 19.1 Å². The van der Waals surface area contributed by atoms with Crippen molar-refractivity contribution in [1.82, 2.24) is 0 Å². The minimum Gasteiger partial charge on any atom is -0.547 e. The number of allylic oxidation sites excluding steroid dienone is 5. The number of aryl methyl sites for hydroxylation is 1. The largest absolute Gasteiger partial charge is 1.00 e. The van der Waals surface area contributed by atoms with Gasteiger partial charge in [-0.15, -0.1) is 0 Å². The number of carboxylic acids is 1. The Bertz CT molecular complexity index is 614. The minimum atomic E-state index is -1.42. The third kappa shape index (κ3) is 12.9. The average Bonchev–Trinajstić information content (AvgIpc) is 3.08. The molecule has 0 radical (unpaired) electrons. The fourth-order valence-corrected chi connectivity index (χ4v) is 2.66. The van der Waals surface area contributed by atoms with E-state index in [0.717, 1.165) is 37.7 Å². The van der Waals surface area contributed by atoms with Gasteiger partial charge in [-0.3, -0.25) is 0 Å². The van der Waals surface area contributed by atoms with Crippen LogP contribution in [0.4, 0.5) is 0 Å². The smallest absolute Gasteiger partial charge is 0.547 e. The van der Waals surface area contributed by atoms with E-state index in [1.165, 1.54) is 11.1 Å². The number of carboxylic acid groups (broad SMARTS) is 1. The Balaban J connectivity index is 0.00000676. The van der Waals surface area contributed by atoms with Crippen LogP contribution in [0.25, 0.3) is 0 Å². The third-order valence-corrected chi connectivity index (χ3v) is 4.34. The van der Waals surface area contributed by atoms with Crippen molar-refractivity contribution >= 4 is 5.97 Å². The number of aliphatic carboxylic acids is 1. The first kappa shape index (κ1) is 25.9. The summed E-state index contributed by atoms with van der Waals surface area (Å²) >= 11 is 0. The van der Waals surface area contributed by atoms with E-state index in [4.69, 9.17) is 4.42 Å². The van der Waals surface area contributed by atoms with E-state index in [-0.39, 0.29) is 36.0 Å². The van der Waals surface area contributed by atoms with Gasteiger partial charge in [-0.25, -0.2) is 0 Å². The molecule has 144 valence electrons. The molecule has 4 nitrogen and oxygen atoms in total. The molecule has 1 heterocycles. The SMILES string of the molecule is C/C(=C/CC[C@H](C)/C=C/C=C(\C)CCCc1ccoc1)CC(O)C(=O)[O-].[Na+]. The van der Waals surface area contributed by atoms with E-state index in [1.54, 1.807) is 12.5 Å². The number of hydrogen-bond acceptors (Lipinski definition) is 4. The molecule has 1 aromatic rings. The Labute approximate surface area is 185 Å². The second kappa shape index (κ2) is 14.9. The van der Waals surface area contributed by atoms with Crippen molar-refractivity contribution in [3.05, 3.63) is 59.6 Å². The molecule has 1 aromatic heterocycles. The molecule has 0 aliphatic carbocycles. The fraction of sp³-hybridized carbons (Fsp3) is 0.500. The zero-order valence-corrected chi connectivity index (χ0v) is 19.1. The van der Waals surface area contributed by atoms with Crippen molar-refractivity contribution in [3.63, 3.8) is 0 Å². The predicted molar refractivity (Wildman–Crippen MR) is 102 cm³/mol. The molecular formula is C22H31NaO4. The molecule has 27 heavy (non-hydrogen) atoms. The maximum atomic E-state index is 10.5. The Kier molecular flexibility index (Phi) is 14.3. The molecule has 0 aromatic carbocycles. The molecule has 2 atom stereocenters. The first-order chi connectivity index (χ1) is 12.4. The Hall–Kier alpha value is -1.07. The predicted octanol–water partition coefficient (Wildman–Crippen LogP) is 0.972. The Morgan fingerprint density at radius 3 is 2.70 bits per heavy atom. The summed E-state index contributed by atoms with van der Waals surface area (Å²) in [6.45, 7) is 6.15. The van der Waals surface area contributed by atoms with Gasteiger partial charge in [0.1, 0.15) is 0 Å². The number of carbonyl (C=O) groups excluding carboxylic acids is 1. The van der Waals surface area contributed by atoms with Crippen LogP contribution in [0.15, 0.2) is 58.5 Å². The number of rotatable bonds is 12. The molecule has 5 heteroatoms. The molecular weight excluding hydrogens is 351 g/mol. The number of aliphatic hydroxyl groups is 1. The summed E-state index contributed by atoms with van der Waals surface area (Å²) in [6.07, 6.45) is 15.8. The van der Waals surface area contributed by atoms with Crippen molar-refractivity contribution < 1.29 is 49.0 Å². The quantitative estimate of drug-likeness (QED) is 0.332. The van der Waals surface area contributed by atoms with Crippen LogP contribution >= 0.6 is 0 Å². The van der Waals surface area contributed by atoms with Gasteiger partial charge in [0, 0.05) is 0 Å². The summed E-state index contributed by atoms with van der Waals surface area (Å²) < 4.78 is 5.07. The molecule has 0 saturated heterocycles. The van der Waals surface area contributed by atoms with E-state index in [0.29, 0.717) is 5.92 Å². The van der Waals surface area contributed by atoms with Crippen LogP contribution in [-0.4, -0.2) is 17.2 Å². The zero-order chi connectivity index (χ0) is 19.4. The van der Waals surface area contributed by atoms with E-state index in [2.05, 4.69) is 32.1 Å². The molecule has 0 spiro atoms. The Morgan fingerprint density at radius 1 is 1.33 bits per heavy atom. The van der Waals surface area contributed by atoms with Crippen LogP contribution in [0.3, 0.4) is 0 Å². The van der Waals surface area contributed by atoms with Gasteiger partial charge in [-0.05, 0) is 69.9 Å². The fourth-order valence-electron chi connectivity index (χ4n) is 2.66. The van der Waals surface area contributed by atoms with Gasteiger partial charge in [0.15, 0.2) is 0 Å². The number of furan rings is 1. The first-order valence-corrected chi connectivity index (χ1v) is 9.28. The molecule has 0 aliphatic heterocycles. The third-order valence-electron chi connectivity index (χ3n) is 4.34. The monoisotopic (exact) mass is 382 g/mol. The standard InChI is InChI=1S/C22H32O4.Na/c1-17(9-5-11-19(3)15-21(23)22(24)25)7-4-8-18(2)10-6-12-20-13-14-26-16-20;/h4,7-8,11,13-14,16-17,21,23H,5-6,9-10,12,15H2,1-3H3,(H,24,25);/q;+1/p-1/b7-4+,18-8+,19-11-;/t17-,21?;/m1./s1. The van der Waals surface area contributed by atoms with Crippen molar-refractivity contribution in [2.24, 2.45) is 5.92 Å². The number of hydrogen-bond donors (Lipinski definition) is 1. The molecule has 1 rings (SSSR count). The van der Waals surface area contributed by atoms with Crippen molar-refractivity contribution in [1.29, 1.82) is 0 Å². The topological polar surface area (TPSA) is 73.5 Å². The van der Waals surface area contributed by atoms with E-state index < -0.39 is 12.1 Å². The summed E-state index contributed by atoms with van der Waals surface area (Å²) in [7, 11) is 0. The van der Waals surface area contributed by atoms with Crippen LogP contribution in [0.2, 0.25) is 0 Å². The summed E-state index contributed by atoms with van der Waals surface area (Å²) in [5.74, 6) is -0.971. The van der Waals surface area contributed by atoms with Crippen molar-refractivity contribution in [2.75, 3.05) is 0 Å². The van der Waals surface area contributed by atoms with Gasteiger partial charge in [-0.1, -0.05) is 42.4 Å². The minimum absolute atomic E-state index is 0.